The Hall–Kier alpha value is -2.13. The molecule has 1 N–H and O–H groups in total. The standard InChI is InChI=1S/C16H14ClNO2/c1-10-7-8-15(18-11(2)19)13(9-10)16(20)12-5-3-4-6-14(12)17/h3-9H,1-2H3,(H,18,19). The fraction of sp³-hybridized carbons (Fsp3) is 0.125. The molecular formula is C16H14ClNO2. The number of carbonyl (C=O) groups excluding carboxylic acids is 2. The number of hydrogen-bond donors (Lipinski definition) is 1. The SMILES string of the molecule is CC(=O)Nc1ccc(C)cc1C(=O)c1ccccc1Cl. The summed E-state index contributed by atoms with van der Waals surface area (Å²) >= 11 is 6.06. The molecule has 0 radical (unpaired) electrons. The van der Waals surface area contributed by atoms with Crippen molar-refractivity contribution in [2.24, 2.45) is 0 Å². The Bertz CT molecular complexity index is 680. The van der Waals surface area contributed by atoms with E-state index >= 15 is 0 Å². The molecule has 4 heteroatoms. The lowest BCUT2D eigenvalue weighted by Gasteiger charge is -2.11. The zero-order chi connectivity index (χ0) is 14.7. The summed E-state index contributed by atoms with van der Waals surface area (Å²) in [4.78, 5) is 23.8. The van der Waals surface area contributed by atoms with Crippen LogP contribution in [0.25, 0.3) is 0 Å². The summed E-state index contributed by atoms with van der Waals surface area (Å²) in [6.45, 7) is 3.30. The first-order valence-electron chi connectivity index (χ1n) is 6.16. The zero-order valence-corrected chi connectivity index (χ0v) is 12.0. The maximum Gasteiger partial charge on any atom is 0.221 e. The van der Waals surface area contributed by atoms with Crippen molar-refractivity contribution >= 4 is 29.0 Å². The summed E-state index contributed by atoms with van der Waals surface area (Å²) in [5, 5.41) is 3.06. The van der Waals surface area contributed by atoms with Gasteiger partial charge in [-0.3, -0.25) is 9.59 Å². The minimum atomic E-state index is -0.220. The smallest absolute Gasteiger partial charge is 0.221 e. The Morgan fingerprint density at radius 1 is 1.05 bits per heavy atom. The summed E-state index contributed by atoms with van der Waals surface area (Å²) in [7, 11) is 0. The average molecular weight is 288 g/mol. The lowest BCUT2D eigenvalue weighted by atomic mass is 9.99. The van der Waals surface area contributed by atoms with Gasteiger partial charge in [0.2, 0.25) is 5.91 Å². The zero-order valence-electron chi connectivity index (χ0n) is 11.2. The van der Waals surface area contributed by atoms with Crippen molar-refractivity contribution in [3.05, 3.63) is 64.2 Å². The Morgan fingerprint density at radius 3 is 2.40 bits per heavy atom. The molecule has 2 rings (SSSR count). The third-order valence-corrected chi connectivity index (χ3v) is 3.18. The first-order valence-corrected chi connectivity index (χ1v) is 6.54. The van der Waals surface area contributed by atoms with E-state index in [1.165, 1.54) is 6.92 Å². The molecule has 0 saturated carbocycles. The molecule has 2 aromatic carbocycles. The summed E-state index contributed by atoms with van der Waals surface area (Å²) in [5.41, 5.74) is 2.29. The number of aryl methyl sites for hydroxylation is 1. The first kappa shape index (κ1) is 14.3. The summed E-state index contributed by atoms with van der Waals surface area (Å²) in [6.07, 6.45) is 0. The molecule has 0 heterocycles. The van der Waals surface area contributed by atoms with Crippen LogP contribution < -0.4 is 5.32 Å². The maximum atomic E-state index is 12.6. The van der Waals surface area contributed by atoms with Crippen molar-refractivity contribution in [1.29, 1.82) is 0 Å². The van der Waals surface area contributed by atoms with E-state index < -0.39 is 0 Å². The van der Waals surface area contributed by atoms with Crippen LogP contribution in [0.3, 0.4) is 0 Å². The number of amides is 1. The van der Waals surface area contributed by atoms with Gasteiger partial charge in [0.15, 0.2) is 5.78 Å². The van der Waals surface area contributed by atoms with Crippen molar-refractivity contribution in [3.63, 3.8) is 0 Å². The predicted molar refractivity (Wildman–Crippen MR) is 80.4 cm³/mol. The van der Waals surface area contributed by atoms with E-state index in [0.717, 1.165) is 5.56 Å². The van der Waals surface area contributed by atoms with Gasteiger partial charge in [0.1, 0.15) is 0 Å². The van der Waals surface area contributed by atoms with Crippen LogP contribution in [0, 0.1) is 6.92 Å². The molecule has 0 aliphatic carbocycles. The first-order chi connectivity index (χ1) is 9.49. The van der Waals surface area contributed by atoms with Crippen molar-refractivity contribution in [3.8, 4) is 0 Å². The van der Waals surface area contributed by atoms with Crippen molar-refractivity contribution in [1.82, 2.24) is 0 Å². The largest absolute Gasteiger partial charge is 0.326 e. The van der Waals surface area contributed by atoms with Crippen LogP contribution in [0.1, 0.15) is 28.4 Å². The second-order valence-corrected chi connectivity index (χ2v) is 4.95. The predicted octanol–water partition coefficient (Wildman–Crippen LogP) is 3.84. The third-order valence-electron chi connectivity index (χ3n) is 2.85. The highest BCUT2D eigenvalue weighted by Crippen LogP contribution is 2.24. The van der Waals surface area contributed by atoms with Gasteiger partial charge < -0.3 is 5.32 Å². The molecule has 0 saturated heterocycles. The van der Waals surface area contributed by atoms with Gasteiger partial charge in [-0.2, -0.15) is 0 Å². The van der Waals surface area contributed by atoms with E-state index in [1.807, 2.05) is 13.0 Å². The van der Waals surface area contributed by atoms with Crippen molar-refractivity contribution in [2.75, 3.05) is 5.32 Å². The molecule has 0 unspecified atom stereocenters. The highest BCUT2D eigenvalue weighted by Gasteiger charge is 2.17. The Labute approximate surface area is 122 Å². The van der Waals surface area contributed by atoms with Gasteiger partial charge in [0.25, 0.3) is 0 Å². The highest BCUT2D eigenvalue weighted by atomic mass is 35.5. The van der Waals surface area contributed by atoms with E-state index in [0.29, 0.717) is 21.8 Å². The Morgan fingerprint density at radius 2 is 1.75 bits per heavy atom. The lowest BCUT2D eigenvalue weighted by molar-refractivity contribution is -0.114. The monoisotopic (exact) mass is 287 g/mol. The van der Waals surface area contributed by atoms with E-state index in [2.05, 4.69) is 5.32 Å². The molecule has 0 fully saturated rings. The molecule has 0 atom stereocenters. The van der Waals surface area contributed by atoms with Crippen molar-refractivity contribution < 1.29 is 9.59 Å². The van der Waals surface area contributed by atoms with Gasteiger partial charge in [-0.05, 0) is 31.2 Å². The minimum absolute atomic E-state index is 0.206. The molecular weight excluding hydrogens is 274 g/mol. The number of nitrogens with one attached hydrogen (secondary N) is 1. The second-order valence-electron chi connectivity index (χ2n) is 4.54. The molecule has 20 heavy (non-hydrogen) atoms. The highest BCUT2D eigenvalue weighted by molar-refractivity contribution is 6.35. The van der Waals surface area contributed by atoms with Crippen LogP contribution in [0.15, 0.2) is 42.5 Å². The summed E-state index contributed by atoms with van der Waals surface area (Å²) in [5.74, 6) is -0.426. The molecule has 0 aliphatic heterocycles. The third kappa shape index (κ3) is 3.06. The summed E-state index contributed by atoms with van der Waals surface area (Å²) < 4.78 is 0. The van der Waals surface area contributed by atoms with Crippen LogP contribution in [0.5, 0.6) is 0 Å². The molecule has 0 aliphatic rings. The van der Waals surface area contributed by atoms with E-state index in [4.69, 9.17) is 11.6 Å². The van der Waals surface area contributed by atoms with Crippen LogP contribution in [-0.2, 0) is 4.79 Å². The summed E-state index contributed by atoms with van der Waals surface area (Å²) in [6, 6.07) is 12.2. The number of carbonyl (C=O) groups is 2. The normalized spacial score (nSPS) is 10.2. The van der Waals surface area contributed by atoms with Crippen LogP contribution in [-0.4, -0.2) is 11.7 Å². The van der Waals surface area contributed by atoms with E-state index in [1.54, 1.807) is 36.4 Å². The number of ketones is 1. The number of benzene rings is 2. The number of anilines is 1. The molecule has 2 aromatic rings. The van der Waals surface area contributed by atoms with Gasteiger partial charge in [-0.25, -0.2) is 0 Å². The van der Waals surface area contributed by atoms with Gasteiger partial charge in [-0.15, -0.1) is 0 Å². The fourth-order valence-electron chi connectivity index (χ4n) is 1.94. The van der Waals surface area contributed by atoms with Gasteiger partial charge in [-0.1, -0.05) is 35.4 Å². The molecule has 3 nitrogen and oxygen atoms in total. The maximum absolute atomic E-state index is 12.6. The molecule has 0 aromatic heterocycles. The molecule has 102 valence electrons. The minimum Gasteiger partial charge on any atom is -0.326 e. The molecule has 1 amide bonds. The Kier molecular flexibility index (Phi) is 4.20. The topological polar surface area (TPSA) is 46.2 Å². The Balaban J connectivity index is 2.51. The quantitative estimate of drug-likeness (QED) is 0.872. The van der Waals surface area contributed by atoms with Gasteiger partial charge >= 0.3 is 0 Å². The van der Waals surface area contributed by atoms with Crippen LogP contribution >= 0.6 is 11.6 Å². The number of hydrogen-bond acceptors (Lipinski definition) is 2. The number of halogens is 1. The van der Waals surface area contributed by atoms with Crippen LogP contribution in [0.2, 0.25) is 5.02 Å². The second kappa shape index (κ2) is 5.88. The number of rotatable bonds is 3. The van der Waals surface area contributed by atoms with Gasteiger partial charge in [0, 0.05) is 18.1 Å². The average Bonchev–Trinajstić information content (AvgIpc) is 2.40. The lowest BCUT2D eigenvalue weighted by Crippen LogP contribution is -2.12. The van der Waals surface area contributed by atoms with Crippen molar-refractivity contribution in [2.45, 2.75) is 13.8 Å². The molecule has 0 spiro atoms. The van der Waals surface area contributed by atoms with E-state index in [-0.39, 0.29) is 11.7 Å². The van der Waals surface area contributed by atoms with Gasteiger partial charge in [0.05, 0.1) is 10.7 Å². The fourth-order valence-corrected chi connectivity index (χ4v) is 2.16. The van der Waals surface area contributed by atoms with Crippen LogP contribution in [0.4, 0.5) is 5.69 Å². The molecule has 0 bridgehead atoms. The van der Waals surface area contributed by atoms with E-state index in [9.17, 15) is 9.59 Å².